The molecule has 0 heterocycles. The Labute approximate surface area is 93.1 Å². The standard InChI is InChI=1S/C11H26N2O2/c1-3-10(14)8-13(7-5-6-12)9-11(15)4-2/h10-11,14-15H,3-9,12H2,1-2H3. The van der Waals surface area contributed by atoms with Crippen LogP contribution in [0, 0.1) is 0 Å². The summed E-state index contributed by atoms with van der Waals surface area (Å²) in [4.78, 5) is 2.09. The first kappa shape index (κ1) is 14.8. The van der Waals surface area contributed by atoms with E-state index in [1.165, 1.54) is 0 Å². The molecule has 4 heteroatoms. The van der Waals surface area contributed by atoms with E-state index in [1.807, 2.05) is 13.8 Å². The molecule has 15 heavy (non-hydrogen) atoms. The molecular weight excluding hydrogens is 192 g/mol. The molecule has 0 aromatic heterocycles. The van der Waals surface area contributed by atoms with E-state index in [0.717, 1.165) is 25.8 Å². The zero-order valence-electron chi connectivity index (χ0n) is 10.0. The van der Waals surface area contributed by atoms with E-state index >= 15 is 0 Å². The van der Waals surface area contributed by atoms with E-state index in [4.69, 9.17) is 5.73 Å². The van der Waals surface area contributed by atoms with Crippen molar-refractivity contribution in [2.75, 3.05) is 26.2 Å². The summed E-state index contributed by atoms with van der Waals surface area (Å²) in [5.74, 6) is 0. The van der Waals surface area contributed by atoms with Gasteiger partial charge in [-0.3, -0.25) is 4.90 Å². The highest BCUT2D eigenvalue weighted by Gasteiger charge is 2.13. The minimum absolute atomic E-state index is 0.299. The lowest BCUT2D eigenvalue weighted by atomic mass is 10.2. The van der Waals surface area contributed by atoms with Crippen LogP contribution < -0.4 is 5.73 Å². The maximum absolute atomic E-state index is 9.56. The molecule has 0 rings (SSSR count). The summed E-state index contributed by atoms with van der Waals surface area (Å²) >= 11 is 0. The summed E-state index contributed by atoms with van der Waals surface area (Å²) in [5.41, 5.74) is 5.45. The summed E-state index contributed by atoms with van der Waals surface area (Å²) in [5, 5.41) is 19.1. The SMILES string of the molecule is CCC(O)CN(CCCN)CC(O)CC. The molecule has 2 atom stereocenters. The van der Waals surface area contributed by atoms with Crippen LogP contribution >= 0.6 is 0 Å². The van der Waals surface area contributed by atoms with Crippen LogP contribution in [-0.2, 0) is 0 Å². The third-order valence-corrected chi connectivity index (χ3v) is 2.56. The van der Waals surface area contributed by atoms with Gasteiger partial charge in [-0.15, -0.1) is 0 Å². The van der Waals surface area contributed by atoms with Crippen molar-refractivity contribution >= 4 is 0 Å². The van der Waals surface area contributed by atoms with Crippen LogP contribution in [0.4, 0.5) is 0 Å². The van der Waals surface area contributed by atoms with E-state index in [0.29, 0.717) is 19.6 Å². The summed E-state index contributed by atoms with van der Waals surface area (Å²) in [6, 6.07) is 0. The molecule has 4 N–H and O–H groups in total. The lowest BCUT2D eigenvalue weighted by Gasteiger charge is -2.26. The Kier molecular flexibility index (Phi) is 9.00. The number of nitrogens with zero attached hydrogens (tertiary/aromatic N) is 1. The average Bonchev–Trinajstić information content (AvgIpc) is 2.25. The Morgan fingerprint density at radius 3 is 1.87 bits per heavy atom. The number of aliphatic hydroxyl groups is 2. The van der Waals surface area contributed by atoms with Crippen molar-refractivity contribution < 1.29 is 10.2 Å². The van der Waals surface area contributed by atoms with Crippen LogP contribution in [0.2, 0.25) is 0 Å². The number of aliphatic hydroxyl groups excluding tert-OH is 2. The Hall–Kier alpha value is -0.160. The molecule has 0 aliphatic carbocycles. The molecule has 92 valence electrons. The summed E-state index contributed by atoms with van der Waals surface area (Å²) in [6.45, 7) is 6.69. The van der Waals surface area contributed by atoms with Crippen LogP contribution in [0.15, 0.2) is 0 Å². The maximum Gasteiger partial charge on any atom is 0.0664 e. The molecule has 0 aliphatic heterocycles. The quantitative estimate of drug-likeness (QED) is 0.516. The van der Waals surface area contributed by atoms with Gasteiger partial charge in [0.25, 0.3) is 0 Å². The number of hydrogen-bond acceptors (Lipinski definition) is 4. The van der Waals surface area contributed by atoms with Gasteiger partial charge in [0.2, 0.25) is 0 Å². The highest BCUT2D eigenvalue weighted by atomic mass is 16.3. The van der Waals surface area contributed by atoms with Gasteiger partial charge >= 0.3 is 0 Å². The smallest absolute Gasteiger partial charge is 0.0664 e. The Morgan fingerprint density at radius 1 is 1.07 bits per heavy atom. The Morgan fingerprint density at radius 2 is 1.53 bits per heavy atom. The van der Waals surface area contributed by atoms with Crippen molar-refractivity contribution in [2.24, 2.45) is 5.73 Å². The Bertz CT molecular complexity index is 133. The summed E-state index contributed by atoms with van der Waals surface area (Å²) in [6.07, 6.45) is 1.81. The second kappa shape index (κ2) is 9.09. The molecule has 0 saturated heterocycles. The fraction of sp³-hybridized carbons (Fsp3) is 1.00. The molecule has 0 bridgehead atoms. The minimum atomic E-state index is -0.299. The van der Waals surface area contributed by atoms with Gasteiger partial charge in [0, 0.05) is 13.1 Å². The van der Waals surface area contributed by atoms with Gasteiger partial charge in [0.05, 0.1) is 12.2 Å². The molecule has 0 aromatic rings. The van der Waals surface area contributed by atoms with E-state index in [1.54, 1.807) is 0 Å². The van der Waals surface area contributed by atoms with Crippen molar-refractivity contribution in [1.29, 1.82) is 0 Å². The van der Waals surface area contributed by atoms with E-state index < -0.39 is 0 Å². The van der Waals surface area contributed by atoms with Crippen LogP contribution in [-0.4, -0.2) is 53.5 Å². The van der Waals surface area contributed by atoms with E-state index in [2.05, 4.69) is 4.90 Å². The highest BCUT2D eigenvalue weighted by Crippen LogP contribution is 2.01. The molecule has 0 spiro atoms. The minimum Gasteiger partial charge on any atom is -0.392 e. The first-order valence-electron chi connectivity index (χ1n) is 5.92. The van der Waals surface area contributed by atoms with Crippen molar-refractivity contribution in [3.63, 3.8) is 0 Å². The summed E-state index contributed by atoms with van der Waals surface area (Å²) < 4.78 is 0. The number of nitrogens with two attached hydrogens (primary N) is 1. The second-order valence-corrected chi connectivity index (χ2v) is 4.03. The van der Waals surface area contributed by atoms with Crippen LogP contribution in [0.1, 0.15) is 33.1 Å². The third-order valence-electron chi connectivity index (χ3n) is 2.56. The van der Waals surface area contributed by atoms with Crippen LogP contribution in [0.3, 0.4) is 0 Å². The lowest BCUT2D eigenvalue weighted by molar-refractivity contribution is 0.0661. The zero-order chi connectivity index (χ0) is 11.7. The van der Waals surface area contributed by atoms with Gasteiger partial charge in [-0.05, 0) is 32.4 Å². The van der Waals surface area contributed by atoms with Crippen molar-refractivity contribution in [2.45, 2.75) is 45.3 Å². The normalized spacial score (nSPS) is 15.6. The molecule has 0 aliphatic rings. The number of rotatable bonds is 9. The molecule has 0 saturated carbocycles. The van der Waals surface area contributed by atoms with Gasteiger partial charge in [-0.1, -0.05) is 13.8 Å². The molecule has 4 nitrogen and oxygen atoms in total. The van der Waals surface area contributed by atoms with Gasteiger partial charge in [0.15, 0.2) is 0 Å². The fourth-order valence-electron chi connectivity index (χ4n) is 1.43. The molecule has 0 aromatic carbocycles. The monoisotopic (exact) mass is 218 g/mol. The largest absolute Gasteiger partial charge is 0.392 e. The second-order valence-electron chi connectivity index (χ2n) is 4.03. The molecule has 0 amide bonds. The van der Waals surface area contributed by atoms with Crippen molar-refractivity contribution in [1.82, 2.24) is 4.90 Å². The molecule has 2 unspecified atom stereocenters. The maximum atomic E-state index is 9.56. The first-order chi connectivity index (χ1) is 7.13. The lowest BCUT2D eigenvalue weighted by Crippen LogP contribution is -2.38. The molecule has 0 radical (unpaired) electrons. The van der Waals surface area contributed by atoms with E-state index in [9.17, 15) is 10.2 Å². The van der Waals surface area contributed by atoms with Gasteiger partial charge in [-0.25, -0.2) is 0 Å². The highest BCUT2D eigenvalue weighted by molar-refractivity contribution is 4.67. The van der Waals surface area contributed by atoms with Crippen LogP contribution in [0.25, 0.3) is 0 Å². The van der Waals surface area contributed by atoms with Crippen molar-refractivity contribution in [3.8, 4) is 0 Å². The topological polar surface area (TPSA) is 69.7 Å². The van der Waals surface area contributed by atoms with Gasteiger partial charge in [-0.2, -0.15) is 0 Å². The predicted octanol–water partition coefficient (Wildman–Crippen LogP) is 0.179. The number of hydrogen-bond donors (Lipinski definition) is 3. The average molecular weight is 218 g/mol. The van der Waals surface area contributed by atoms with Crippen molar-refractivity contribution in [3.05, 3.63) is 0 Å². The fourth-order valence-corrected chi connectivity index (χ4v) is 1.43. The zero-order valence-corrected chi connectivity index (χ0v) is 10.0. The summed E-state index contributed by atoms with van der Waals surface area (Å²) in [7, 11) is 0. The molecule has 0 fully saturated rings. The predicted molar refractivity (Wildman–Crippen MR) is 62.7 cm³/mol. The van der Waals surface area contributed by atoms with Gasteiger partial charge < -0.3 is 15.9 Å². The van der Waals surface area contributed by atoms with E-state index in [-0.39, 0.29) is 12.2 Å². The first-order valence-corrected chi connectivity index (χ1v) is 5.92. The Balaban J connectivity index is 3.93. The van der Waals surface area contributed by atoms with Gasteiger partial charge in [0.1, 0.15) is 0 Å². The third kappa shape index (κ3) is 7.73. The van der Waals surface area contributed by atoms with Crippen LogP contribution in [0.5, 0.6) is 0 Å². The molecular formula is C11H26N2O2.